The summed E-state index contributed by atoms with van der Waals surface area (Å²) < 4.78 is 4.60. The Labute approximate surface area is 112 Å². The van der Waals surface area contributed by atoms with Crippen LogP contribution in [-0.2, 0) is 4.74 Å². The van der Waals surface area contributed by atoms with Gasteiger partial charge in [-0.2, -0.15) is 0 Å². The average molecular weight is 265 g/mol. The first-order chi connectivity index (χ1) is 9.12. The molecule has 19 heavy (non-hydrogen) atoms. The van der Waals surface area contributed by atoms with Gasteiger partial charge in [0.2, 0.25) is 0 Å². The normalized spacial score (nSPS) is 18.3. The zero-order chi connectivity index (χ0) is 13.8. The minimum atomic E-state index is -0.387. The number of nitrogens with zero attached hydrogens (tertiary/aromatic N) is 3. The lowest BCUT2D eigenvalue weighted by molar-refractivity contribution is 0.167. The zero-order valence-electron chi connectivity index (χ0n) is 11.4. The molecule has 104 valence electrons. The summed E-state index contributed by atoms with van der Waals surface area (Å²) in [5, 5.41) is 5.83. The molecule has 2 rings (SSSR count). The number of hydrogen-bond donors (Lipinski definition) is 2. The average Bonchev–Trinajstić information content (AvgIpc) is 2.86. The maximum absolute atomic E-state index is 11.2. The summed E-state index contributed by atoms with van der Waals surface area (Å²) in [6.45, 7) is 3.45. The molecule has 1 amide bonds. The first kappa shape index (κ1) is 13.4. The SMILES string of the molecule is CNc1cc(N2CCC(NC(=O)OC)C2)nc(C)n1. The smallest absolute Gasteiger partial charge is 0.407 e. The van der Waals surface area contributed by atoms with Crippen molar-refractivity contribution in [3.05, 3.63) is 11.9 Å². The van der Waals surface area contributed by atoms with E-state index in [1.165, 1.54) is 7.11 Å². The van der Waals surface area contributed by atoms with Crippen molar-refractivity contribution in [2.75, 3.05) is 37.5 Å². The number of hydrogen-bond acceptors (Lipinski definition) is 6. The Morgan fingerprint density at radius 3 is 3.00 bits per heavy atom. The third-order valence-corrected chi connectivity index (χ3v) is 3.10. The van der Waals surface area contributed by atoms with E-state index in [1.807, 2.05) is 20.0 Å². The van der Waals surface area contributed by atoms with Gasteiger partial charge in [0.25, 0.3) is 0 Å². The van der Waals surface area contributed by atoms with Crippen molar-refractivity contribution in [3.8, 4) is 0 Å². The lowest BCUT2D eigenvalue weighted by Crippen LogP contribution is -2.37. The second kappa shape index (κ2) is 5.73. The topological polar surface area (TPSA) is 79.4 Å². The molecule has 1 fully saturated rings. The highest BCUT2D eigenvalue weighted by atomic mass is 16.5. The summed E-state index contributed by atoms with van der Waals surface area (Å²) in [6, 6.07) is 2.01. The summed E-state index contributed by atoms with van der Waals surface area (Å²) in [5.41, 5.74) is 0. The van der Waals surface area contributed by atoms with Gasteiger partial charge in [0.15, 0.2) is 0 Å². The van der Waals surface area contributed by atoms with E-state index in [1.54, 1.807) is 0 Å². The number of carbonyl (C=O) groups excluding carboxylic acids is 1. The van der Waals surface area contributed by atoms with Gasteiger partial charge in [-0.15, -0.1) is 0 Å². The van der Waals surface area contributed by atoms with Crippen LogP contribution in [0.2, 0.25) is 0 Å². The number of alkyl carbamates (subject to hydrolysis) is 1. The standard InChI is InChI=1S/C12H19N5O2/c1-8-14-10(13-2)6-11(15-8)17-5-4-9(7-17)16-12(18)19-3/h6,9H,4-5,7H2,1-3H3,(H,16,18)(H,13,14,15). The molecule has 1 aromatic heterocycles. The summed E-state index contributed by atoms with van der Waals surface area (Å²) in [7, 11) is 3.20. The molecule has 0 aliphatic carbocycles. The van der Waals surface area contributed by atoms with Gasteiger partial charge in [-0.25, -0.2) is 14.8 Å². The Morgan fingerprint density at radius 2 is 2.32 bits per heavy atom. The molecule has 1 atom stereocenters. The van der Waals surface area contributed by atoms with E-state index < -0.39 is 0 Å². The molecule has 0 bridgehead atoms. The van der Waals surface area contributed by atoms with Crippen LogP contribution in [0.25, 0.3) is 0 Å². The van der Waals surface area contributed by atoms with Gasteiger partial charge in [-0.05, 0) is 13.3 Å². The molecular weight excluding hydrogens is 246 g/mol. The van der Waals surface area contributed by atoms with Crippen molar-refractivity contribution < 1.29 is 9.53 Å². The predicted molar refractivity (Wildman–Crippen MR) is 72.5 cm³/mol. The number of ether oxygens (including phenoxy) is 1. The number of aromatic nitrogens is 2. The van der Waals surface area contributed by atoms with Crippen LogP contribution in [0.15, 0.2) is 6.07 Å². The predicted octanol–water partition coefficient (Wildman–Crippen LogP) is 0.761. The largest absolute Gasteiger partial charge is 0.453 e. The molecule has 1 aromatic rings. The van der Waals surface area contributed by atoms with Crippen LogP contribution < -0.4 is 15.5 Å². The monoisotopic (exact) mass is 265 g/mol. The molecule has 1 aliphatic heterocycles. The quantitative estimate of drug-likeness (QED) is 0.840. The van der Waals surface area contributed by atoms with E-state index in [2.05, 4.69) is 30.2 Å². The Bertz CT molecular complexity index is 465. The second-order valence-corrected chi connectivity index (χ2v) is 4.48. The highest BCUT2D eigenvalue weighted by Crippen LogP contribution is 2.20. The van der Waals surface area contributed by atoms with Crippen molar-refractivity contribution in [3.63, 3.8) is 0 Å². The molecule has 0 spiro atoms. The lowest BCUT2D eigenvalue weighted by atomic mass is 10.3. The molecule has 1 saturated heterocycles. The van der Waals surface area contributed by atoms with Gasteiger partial charge in [0.05, 0.1) is 13.2 Å². The fraction of sp³-hybridized carbons (Fsp3) is 0.583. The first-order valence-electron chi connectivity index (χ1n) is 6.25. The Hall–Kier alpha value is -2.05. The van der Waals surface area contributed by atoms with Gasteiger partial charge >= 0.3 is 6.09 Å². The van der Waals surface area contributed by atoms with Crippen molar-refractivity contribution in [1.82, 2.24) is 15.3 Å². The van der Waals surface area contributed by atoms with Crippen molar-refractivity contribution in [2.45, 2.75) is 19.4 Å². The third kappa shape index (κ3) is 3.24. The minimum absolute atomic E-state index is 0.0979. The van der Waals surface area contributed by atoms with Gasteiger partial charge in [-0.1, -0.05) is 0 Å². The Balaban J connectivity index is 2.04. The Kier molecular flexibility index (Phi) is 4.03. The van der Waals surface area contributed by atoms with Crippen LogP contribution in [0.3, 0.4) is 0 Å². The number of rotatable bonds is 3. The van der Waals surface area contributed by atoms with Gasteiger partial charge in [0.1, 0.15) is 17.5 Å². The van der Waals surface area contributed by atoms with Crippen molar-refractivity contribution in [2.24, 2.45) is 0 Å². The van der Waals surface area contributed by atoms with Gasteiger partial charge < -0.3 is 20.3 Å². The van der Waals surface area contributed by atoms with Crippen LogP contribution in [0, 0.1) is 6.92 Å². The Morgan fingerprint density at radius 1 is 1.53 bits per heavy atom. The highest BCUT2D eigenvalue weighted by Gasteiger charge is 2.25. The number of nitrogens with one attached hydrogen (secondary N) is 2. The number of methoxy groups -OCH3 is 1. The summed E-state index contributed by atoms with van der Waals surface area (Å²) in [4.78, 5) is 22.0. The molecule has 0 radical (unpaired) electrons. The van der Waals surface area contributed by atoms with Crippen LogP contribution in [-0.4, -0.2) is 49.4 Å². The third-order valence-electron chi connectivity index (χ3n) is 3.10. The molecule has 1 unspecified atom stereocenters. The van der Waals surface area contributed by atoms with E-state index >= 15 is 0 Å². The summed E-state index contributed by atoms with van der Waals surface area (Å²) >= 11 is 0. The summed E-state index contributed by atoms with van der Waals surface area (Å²) in [5.74, 6) is 2.41. The molecular formula is C12H19N5O2. The fourth-order valence-electron chi connectivity index (χ4n) is 2.15. The highest BCUT2D eigenvalue weighted by molar-refractivity contribution is 5.67. The van der Waals surface area contributed by atoms with E-state index in [0.29, 0.717) is 0 Å². The maximum atomic E-state index is 11.2. The number of anilines is 2. The van der Waals surface area contributed by atoms with E-state index in [-0.39, 0.29) is 12.1 Å². The van der Waals surface area contributed by atoms with E-state index in [0.717, 1.165) is 37.0 Å². The van der Waals surface area contributed by atoms with Crippen molar-refractivity contribution >= 4 is 17.7 Å². The molecule has 7 heteroatoms. The second-order valence-electron chi connectivity index (χ2n) is 4.48. The van der Waals surface area contributed by atoms with Crippen molar-refractivity contribution in [1.29, 1.82) is 0 Å². The van der Waals surface area contributed by atoms with E-state index in [4.69, 9.17) is 0 Å². The molecule has 2 heterocycles. The molecule has 0 aromatic carbocycles. The minimum Gasteiger partial charge on any atom is -0.453 e. The molecule has 1 aliphatic rings. The number of carbonyl (C=O) groups is 1. The van der Waals surface area contributed by atoms with Gasteiger partial charge in [0, 0.05) is 26.2 Å². The maximum Gasteiger partial charge on any atom is 0.407 e. The zero-order valence-corrected chi connectivity index (χ0v) is 11.4. The van der Waals surface area contributed by atoms with Gasteiger partial charge in [-0.3, -0.25) is 0 Å². The lowest BCUT2D eigenvalue weighted by Gasteiger charge is -2.18. The van der Waals surface area contributed by atoms with Crippen LogP contribution >= 0.6 is 0 Å². The van der Waals surface area contributed by atoms with Crippen LogP contribution in [0.1, 0.15) is 12.2 Å². The summed E-state index contributed by atoms with van der Waals surface area (Å²) in [6.07, 6.45) is 0.495. The molecule has 2 N–H and O–H groups in total. The molecule has 7 nitrogen and oxygen atoms in total. The number of aryl methyl sites for hydroxylation is 1. The first-order valence-corrected chi connectivity index (χ1v) is 6.25. The van der Waals surface area contributed by atoms with E-state index in [9.17, 15) is 4.79 Å². The number of amides is 1. The molecule has 0 saturated carbocycles. The fourth-order valence-corrected chi connectivity index (χ4v) is 2.15. The van der Waals surface area contributed by atoms with Crippen LogP contribution in [0.4, 0.5) is 16.4 Å². The van der Waals surface area contributed by atoms with Crippen LogP contribution in [0.5, 0.6) is 0 Å².